The molecule has 1 aromatic heterocycles. The normalized spacial score (nSPS) is 11.4. The summed E-state index contributed by atoms with van der Waals surface area (Å²) in [6, 6.07) is 19.3. The van der Waals surface area contributed by atoms with Crippen molar-refractivity contribution in [1.82, 2.24) is 4.98 Å². The van der Waals surface area contributed by atoms with Crippen molar-refractivity contribution in [2.45, 2.75) is 127 Å². The van der Waals surface area contributed by atoms with E-state index in [9.17, 15) is 0 Å². The van der Waals surface area contributed by atoms with Gasteiger partial charge in [-0.2, -0.15) is 0 Å². The molecule has 2 aromatic carbocycles. The lowest BCUT2D eigenvalue weighted by molar-refractivity contribution is 0.525. The van der Waals surface area contributed by atoms with Gasteiger partial charge in [0.15, 0.2) is 4.34 Å². The number of para-hydroxylation sites is 2. The van der Waals surface area contributed by atoms with Crippen LogP contribution in [0.1, 0.15) is 122 Å². The molecule has 3 aromatic rings. The molecule has 0 atom stereocenters. The lowest BCUT2D eigenvalue weighted by Crippen LogP contribution is -2.15. The van der Waals surface area contributed by atoms with E-state index < -0.39 is 0 Å². The topological polar surface area (TPSA) is 16.1 Å². The molecule has 0 aliphatic rings. The Morgan fingerprint density at radius 3 is 1.62 bits per heavy atom. The first-order chi connectivity index (χ1) is 18.4. The number of benzene rings is 2. The Hall–Kier alpha value is -1.52. The maximum Gasteiger partial charge on any atom is 0.171 e. The fourth-order valence-electron chi connectivity index (χ4n) is 4.96. The zero-order valence-electron chi connectivity index (χ0n) is 23.3. The number of thiazole rings is 1. The van der Waals surface area contributed by atoms with Gasteiger partial charge in [0.2, 0.25) is 0 Å². The molecule has 0 aliphatic carbocycles. The second-order valence-electron chi connectivity index (χ2n) is 10.5. The minimum atomic E-state index is 1.07. The molecule has 0 N–H and O–H groups in total. The molecule has 0 saturated carbocycles. The fraction of sp³-hybridized carbons (Fsp3) is 0.606. The molecule has 4 heteroatoms. The van der Waals surface area contributed by atoms with Crippen LogP contribution in [0.4, 0.5) is 5.69 Å². The van der Waals surface area contributed by atoms with Crippen LogP contribution in [0, 0.1) is 0 Å². The number of hydrogen-bond donors (Lipinski definition) is 0. The molecule has 0 aliphatic heterocycles. The van der Waals surface area contributed by atoms with Crippen LogP contribution in [0.5, 0.6) is 0 Å². The van der Waals surface area contributed by atoms with Crippen molar-refractivity contribution in [3.8, 4) is 0 Å². The second kappa shape index (κ2) is 19.5. The molecule has 0 radical (unpaired) electrons. The molecular weight excluding hydrogens is 489 g/mol. The molecule has 204 valence electrons. The predicted octanol–water partition coefficient (Wildman–Crippen LogP) is 11.9. The number of nitrogens with zero attached hydrogens (tertiary/aromatic N) is 2. The van der Waals surface area contributed by atoms with Crippen LogP contribution in [0.3, 0.4) is 0 Å². The van der Waals surface area contributed by atoms with Gasteiger partial charge in [0.05, 0.1) is 10.2 Å². The Morgan fingerprint density at radius 2 is 1.08 bits per heavy atom. The monoisotopic (exact) mass is 538 g/mol. The van der Waals surface area contributed by atoms with Crippen LogP contribution in [-0.4, -0.2) is 11.5 Å². The van der Waals surface area contributed by atoms with E-state index in [2.05, 4.69) is 65.8 Å². The predicted molar refractivity (Wildman–Crippen MR) is 168 cm³/mol. The molecule has 0 saturated heterocycles. The fourth-order valence-corrected chi connectivity index (χ4v) is 7.12. The van der Waals surface area contributed by atoms with Crippen molar-refractivity contribution in [3.05, 3.63) is 54.6 Å². The van der Waals surface area contributed by atoms with Gasteiger partial charge in [0, 0.05) is 24.2 Å². The third-order valence-corrected chi connectivity index (χ3v) is 9.39. The maximum absolute atomic E-state index is 4.85. The molecular formula is C33H50N2S2. The summed E-state index contributed by atoms with van der Waals surface area (Å²) in [7, 11) is 0. The lowest BCUT2D eigenvalue weighted by atomic mass is 10.0. The van der Waals surface area contributed by atoms with E-state index in [1.165, 1.54) is 126 Å². The van der Waals surface area contributed by atoms with Crippen molar-refractivity contribution in [2.75, 3.05) is 10.8 Å². The van der Waals surface area contributed by atoms with Gasteiger partial charge >= 0.3 is 0 Å². The van der Waals surface area contributed by atoms with Crippen molar-refractivity contribution in [1.29, 1.82) is 0 Å². The number of rotatable bonds is 22. The molecule has 37 heavy (non-hydrogen) atoms. The summed E-state index contributed by atoms with van der Waals surface area (Å²) in [5, 5.41) is 0. The Morgan fingerprint density at radius 1 is 0.595 bits per heavy atom. The first-order valence-corrected chi connectivity index (χ1v) is 16.8. The Kier molecular flexibility index (Phi) is 15.9. The van der Waals surface area contributed by atoms with Gasteiger partial charge in [-0.15, -0.1) is 11.3 Å². The summed E-state index contributed by atoms with van der Waals surface area (Å²) in [4.78, 5) is 4.85. The average Bonchev–Trinajstić information content (AvgIpc) is 3.35. The number of anilines is 1. The Balaban J connectivity index is 1.20. The van der Waals surface area contributed by atoms with Crippen LogP contribution in [0.2, 0.25) is 0 Å². The van der Waals surface area contributed by atoms with Crippen molar-refractivity contribution in [2.24, 2.45) is 0 Å². The zero-order valence-corrected chi connectivity index (χ0v) is 25.0. The van der Waals surface area contributed by atoms with Crippen LogP contribution < -0.4 is 4.31 Å². The van der Waals surface area contributed by atoms with Crippen LogP contribution in [0.15, 0.2) is 58.9 Å². The van der Waals surface area contributed by atoms with Gasteiger partial charge in [-0.05, 0) is 30.7 Å². The largest absolute Gasteiger partial charge is 0.310 e. The summed E-state index contributed by atoms with van der Waals surface area (Å²) in [6.07, 6.45) is 25.5. The Bertz CT molecular complexity index is 907. The molecule has 1 heterocycles. The smallest absolute Gasteiger partial charge is 0.171 e. The summed E-state index contributed by atoms with van der Waals surface area (Å²) in [6.45, 7) is 3.37. The van der Waals surface area contributed by atoms with Crippen molar-refractivity contribution in [3.63, 3.8) is 0 Å². The van der Waals surface area contributed by atoms with E-state index >= 15 is 0 Å². The van der Waals surface area contributed by atoms with Gasteiger partial charge in [0.1, 0.15) is 0 Å². The quantitative estimate of drug-likeness (QED) is 0.0934. The van der Waals surface area contributed by atoms with Gasteiger partial charge in [0.25, 0.3) is 0 Å². The molecule has 0 bridgehead atoms. The molecule has 0 fully saturated rings. The highest BCUT2D eigenvalue weighted by molar-refractivity contribution is 8.02. The maximum atomic E-state index is 4.85. The number of hydrogen-bond acceptors (Lipinski definition) is 4. The minimum Gasteiger partial charge on any atom is -0.310 e. The summed E-state index contributed by atoms with van der Waals surface area (Å²) in [5.41, 5.74) is 2.38. The summed E-state index contributed by atoms with van der Waals surface area (Å²) in [5.74, 6) is 0. The standard InChI is InChI=1S/C33H50N2S2/c1-2-3-4-5-6-7-8-9-10-11-12-13-14-15-16-17-18-24-29-35(30-25-20-19-21-26-30)37-33-34-31-27-22-23-28-32(31)36-33/h19-23,25-28H,2-18,24,29H2,1H3. The van der Waals surface area contributed by atoms with E-state index in [1.807, 2.05) is 0 Å². The Labute approximate surface area is 235 Å². The van der Waals surface area contributed by atoms with E-state index in [0.29, 0.717) is 0 Å². The zero-order chi connectivity index (χ0) is 25.8. The number of aromatic nitrogens is 1. The number of unbranched alkanes of at least 4 members (excludes halogenated alkanes) is 17. The molecule has 3 rings (SSSR count). The molecule has 0 unspecified atom stereocenters. The van der Waals surface area contributed by atoms with Crippen molar-refractivity contribution < 1.29 is 0 Å². The van der Waals surface area contributed by atoms with Crippen LogP contribution in [-0.2, 0) is 0 Å². The van der Waals surface area contributed by atoms with Gasteiger partial charge < -0.3 is 4.31 Å². The first-order valence-electron chi connectivity index (χ1n) is 15.2. The van der Waals surface area contributed by atoms with E-state index in [4.69, 9.17) is 4.98 Å². The average molecular weight is 539 g/mol. The second-order valence-corrected chi connectivity index (χ2v) is 12.8. The highest BCUT2D eigenvalue weighted by atomic mass is 32.2. The van der Waals surface area contributed by atoms with Gasteiger partial charge in [-0.25, -0.2) is 4.98 Å². The SMILES string of the molecule is CCCCCCCCCCCCCCCCCCCCN(Sc1nc2ccccc2s1)c1ccccc1. The highest BCUT2D eigenvalue weighted by Crippen LogP contribution is 2.34. The molecule has 0 amide bonds. The van der Waals surface area contributed by atoms with Crippen molar-refractivity contribution >= 4 is 39.2 Å². The first kappa shape index (κ1) is 30.0. The van der Waals surface area contributed by atoms with Crippen LogP contribution >= 0.6 is 23.3 Å². The molecule has 0 spiro atoms. The lowest BCUT2D eigenvalue weighted by Gasteiger charge is -2.22. The highest BCUT2D eigenvalue weighted by Gasteiger charge is 2.12. The minimum absolute atomic E-state index is 1.07. The number of fused-ring (bicyclic) bond motifs is 1. The molecule has 2 nitrogen and oxygen atoms in total. The third-order valence-electron chi connectivity index (χ3n) is 7.22. The van der Waals surface area contributed by atoms with Gasteiger partial charge in [-0.1, -0.05) is 146 Å². The summed E-state index contributed by atoms with van der Waals surface area (Å²) < 4.78 is 4.84. The van der Waals surface area contributed by atoms with Crippen LogP contribution in [0.25, 0.3) is 10.2 Å². The van der Waals surface area contributed by atoms with E-state index in [1.54, 1.807) is 23.3 Å². The van der Waals surface area contributed by atoms with Gasteiger partial charge in [-0.3, -0.25) is 0 Å². The third kappa shape index (κ3) is 12.7. The summed E-state index contributed by atoms with van der Waals surface area (Å²) >= 11 is 3.59. The van der Waals surface area contributed by atoms with E-state index in [0.717, 1.165) is 16.4 Å². The van der Waals surface area contributed by atoms with E-state index in [-0.39, 0.29) is 0 Å².